The number of amides is 1. The highest BCUT2D eigenvalue weighted by atomic mass is 35.5. The largest absolute Gasteiger partial charge is 0.493 e. The van der Waals surface area contributed by atoms with E-state index in [1.807, 2.05) is 19.1 Å². The Morgan fingerprint density at radius 1 is 1.06 bits per heavy atom. The first-order valence-electron chi connectivity index (χ1n) is 9.86. The molecule has 0 spiro atoms. The fourth-order valence-corrected chi connectivity index (χ4v) is 4.65. The van der Waals surface area contributed by atoms with E-state index in [2.05, 4.69) is 0 Å². The van der Waals surface area contributed by atoms with E-state index in [9.17, 15) is 9.59 Å². The maximum atomic E-state index is 13.0. The maximum absolute atomic E-state index is 13.0. The molecule has 33 heavy (non-hydrogen) atoms. The molecular formula is C25H18ClNO4S2. The third-order valence-electron chi connectivity index (χ3n) is 4.84. The van der Waals surface area contributed by atoms with E-state index in [0.717, 1.165) is 5.56 Å². The van der Waals surface area contributed by atoms with Crippen molar-refractivity contribution in [3.8, 4) is 11.5 Å². The fraction of sp³-hybridized carbons (Fsp3) is 0.0800. The minimum Gasteiger partial charge on any atom is -0.493 e. The minimum atomic E-state index is -0.483. The second-order valence-corrected chi connectivity index (χ2v) is 9.28. The molecule has 3 aromatic rings. The van der Waals surface area contributed by atoms with Gasteiger partial charge in [-0.3, -0.25) is 9.69 Å². The number of carbonyl (C=O) groups excluding carboxylic acids is 2. The summed E-state index contributed by atoms with van der Waals surface area (Å²) < 4.78 is 11.3. The average molecular weight is 496 g/mol. The summed E-state index contributed by atoms with van der Waals surface area (Å²) in [4.78, 5) is 27.4. The number of benzene rings is 3. The number of thioether (sulfide) groups is 1. The van der Waals surface area contributed by atoms with E-state index in [1.54, 1.807) is 60.7 Å². The molecule has 0 bridgehead atoms. The fourth-order valence-electron chi connectivity index (χ4n) is 3.16. The first kappa shape index (κ1) is 23.0. The Bertz CT molecular complexity index is 1290. The highest BCUT2D eigenvalue weighted by Crippen LogP contribution is 2.38. The number of methoxy groups -OCH3 is 1. The van der Waals surface area contributed by atoms with Crippen molar-refractivity contribution in [1.82, 2.24) is 0 Å². The molecule has 0 radical (unpaired) electrons. The highest BCUT2D eigenvalue weighted by molar-refractivity contribution is 8.27. The maximum Gasteiger partial charge on any atom is 0.343 e. The lowest BCUT2D eigenvalue weighted by Crippen LogP contribution is -2.27. The van der Waals surface area contributed by atoms with Gasteiger partial charge < -0.3 is 9.47 Å². The highest BCUT2D eigenvalue weighted by Gasteiger charge is 2.33. The van der Waals surface area contributed by atoms with Gasteiger partial charge in [0.05, 0.1) is 23.3 Å². The second-order valence-electron chi connectivity index (χ2n) is 7.16. The zero-order valence-electron chi connectivity index (χ0n) is 17.7. The Balaban J connectivity index is 1.56. The summed E-state index contributed by atoms with van der Waals surface area (Å²) in [6, 6.07) is 19.1. The Hall–Kier alpha value is -3.13. The number of rotatable bonds is 5. The van der Waals surface area contributed by atoms with Crippen molar-refractivity contribution in [3.63, 3.8) is 0 Å². The first-order valence-corrected chi connectivity index (χ1v) is 11.5. The number of thiocarbonyl (C=S) groups is 1. The summed E-state index contributed by atoms with van der Waals surface area (Å²) in [6.07, 6.45) is 1.72. The molecule has 8 heteroatoms. The van der Waals surface area contributed by atoms with Crippen LogP contribution in [0.4, 0.5) is 5.69 Å². The summed E-state index contributed by atoms with van der Waals surface area (Å²) in [5, 5.41) is 0.519. The molecule has 1 aliphatic rings. The van der Waals surface area contributed by atoms with E-state index >= 15 is 0 Å². The number of nitrogens with zero attached hydrogens (tertiary/aromatic N) is 1. The van der Waals surface area contributed by atoms with Gasteiger partial charge >= 0.3 is 5.97 Å². The van der Waals surface area contributed by atoms with Crippen molar-refractivity contribution < 1.29 is 19.1 Å². The van der Waals surface area contributed by atoms with Gasteiger partial charge in [0.25, 0.3) is 5.91 Å². The Labute approximate surface area is 205 Å². The summed E-state index contributed by atoms with van der Waals surface area (Å²) >= 11 is 12.7. The van der Waals surface area contributed by atoms with Gasteiger partial charge in [0.15, 0.2) is 15.8 Å². The Kier molecular flexibility index (Phi) is 6.83. The summed E-state index contributed by atoms with van der Waals surface area (Å²) in [5.74, 6) is -0.0641. The number of hydrogen-bond acceptors (Lipinski definition) is 6. The topological polar surface area (TPSA) is 55.8 Å². The van der Waals surface area contributed by atoms with E-state index < -0.39 is 5.97 Å². The number of carbonyl (C=O) groups is 2. The van der Waals surface area contributed by atoms with Crippen LogP contribution in [0.3, 0.4) is 0 Å². The van der Waals surface area contributed by atoms with Crippen molar-refractivity contribution in [2.75, 3.05) is 12.0 Å². The molecule has 1 amide bonds. The molecule has 0 atom stereocenters. The van der Waals surface area contributed by atoms with Gasteiger partial charge in [-0.2, -0.15) is 0 Å². The molecule has 4 rings (SSSR count). The van der Waals surface area contributed by atoms with Gasteiger partial charge in [0.1, 0.15) is 0 Å². The summed E-state index contributed by atoms with van der Waals surface area (Å²) in [6.45, 7) is 1.94. The lowest BCUT2D eigenvalue weighted by molar-refractivity contribution is -0.113. The van der Waals surface area contributed by atoms with Crippen molar-refractivity contribution in [3.05, 3.63) is 93.3 Å². The minimum absolute atomic E-state index is 0.235. The molecule has 0 aromatic heterocycles. The van der Waals surface area contributed by atoms with Crippen LogP contribution < -0.4 is 14.4 Å². The molecule has 0 saturated carbocycles. The summed E-state index contributed by atoms with van der Waals surface area (Å²) in [7, 11) is 1.49. The van der Waals surface area contributed by atoms with Crippen molar-refractivity contribution in [1.29, 1.82) is 0 Å². The Morgan fingerprint density at radius 2 is 1.82 bits per heavy atom. The quantitative estimate of drug-likeness (QED) is 0.180. The van der Waals surface area contributed by atoms with E-state index in [1.165, 1.54) is 23.8 Å². The van der Waals surface area contributed by atoms with Gasteiger partial charge in [-0.1, -0.05) is 65.4 Å². The van der Waals surface area contributed by atoms with Crippen LogP contribution in [0.2, 0.25) is 5.02 Å². The van der Waals surface area contributed by atoms with Crippen molar-refractivity contribution in [2.45, 2.75) is 6.92 Å². The van der Waals surface area contributed by atoms with Crippen LogP contribution in [0.25, 0.3) is 6.08 Å². The SMILES string of the molecule is COc1cc(/C=C2/SC(=S)N(c3cccc(Cl)c3)C2=O)ccc1OC(=O)c1ccc(C)cc1. The van der Waals surface area contributed by atoms with Crippen LogP contribution in [0.1, 0.15) is 21.5 Å². The lowest BCUT2D eigenvalue weighted by atomic mass is 10.1. The third-order valence-corrected chi connectivity index (χ3v) is 6.37. The zero-order valence-corrected chi connectivity index (χ0v) is 20.1. The molecule has 166 valence electrons. The summed E-state index contributed by atoms with van der Waals surface area (Å²) in [5.41, 5.74) is 2.81. The number of anilines is 1. The normalized spacial score (nSPS) is 14.6. The first-order chi connectivity index (χ1) is 15.9. The monoisotopic (exact) mass is 495 g/mol. The van der Waals surface area contributed by atoms with E-state index in [-0.39, 0.29) is 11.7 Å². The van der Waals surface area contributed by atoms with Crippen LogP contribution in [-0.4, -0.2) is 23.3 Å². The molecule has 1 saturated heterocycles. The molecular weight excluding hydrogens is 478 g/mol. The van der Waals surface area contributed by atoms with E-state index in [0.29, 0.717) is 36.8 Å². The van der Waals surface area contributed by atoms with Crippen LogP contribution in [0, 0.1) is 6.92 Å². The number of halogens is 1. The average Bonchev–Trinajstić information content (AvgIpc) is 3.07. The van der Waals surface area contributed by atoms with Crippen LogP contribution in [0.15, 0.2) is 71.6 Å². The van der Waals surface area contributed by atoms with Gasteiger partial charge in [-0.05, 0) is 61.0 Å². The molecule has 1 fully saturated rings. The van der Waals surface area contributed by atoms with Gasteiger partial charge in [0.2, 0.25) is 0 Å². The molecule has 3 aromatic carbocycles. The number of hydrogen-bond donors (Lipinski definition) is 0. The van der Waals surface area contributed by atoms with Crippen LogP contribution in [0.5, 0.6) is 11.5 Å². The van der Waals surface area contributed by atoms with Gasteiger partial charge in [0, 0.05) is 5.02 Å². The number of ether oxygens (including phenoxy) is 2. The van der Waals surface area contributed by atoms with Crippen molar-refractivity contribution >= 4 is 63.5 Å². The Morgan fingerprint density at radius 3 is 2.52 bits per heavy atom. The van der Waals surface area contributed by atoms with Gasteiger partial charge in [-0.25, -0.2) is 4.79 Å². The molecule has 1 aliphatic heterocycles. The number of aryl methyl sites for hydroxylation is 1. The zero-order chi connectivity index (χ0) is 23.5. The predicted molar refractivity (Wildman–Crippen MR) is 136 cm³/mol. The molecule has 1 heterocycles. The molecule has 0 N–H and O–H groups in total. The lowest BCUT2D eigenvalue weighted by Gasteiger charge is -2.14. The molecule has 0 aliphatic carbocycles. The predicted octanol–water partition coefficient (Wildman–Crippen LogP) is 6.28. The second kappa shape index (κ2) is 9.79. The van der Waals surface area contributed by atoms with Gasteiger partial charge in [-0.15, -0.1) is 0 Å². The smallest absolute Gasteiger partial charge is 0.343 e. The third kappa shape index (κ3) is 5.11. The van der Waals surface area contributed by atoms with Crippen LogP contribution in [-0.2, 0) is 4.79 Å². The standard InChI is InChI=1S/C25H18ClNO4S2/c1-15-6-9-17(10-7-15)24(29)31-20-11-8-16(12-21(20)30-2)13-22-23(28)27(25(32)33-22)19-5-3-4-18(26)14-19/h3-14H,1-2H3/b22-13+. The molecule has 0 unspecified atom stereocenters. The van der Waals surface area contributed by atoms with Crippen LogP contribution >= 0.6 is 35.6 Å². The van der Waals surface area contributed by atoms with E-state index in [4.69, 9.17) is 33.3 Å². The molecule has 5 nitrogen and oxygen atoms in total. The number of esters is 1. The van der Waals surface area contributed by atoms with Crippen molar-refractivity contribution in [2.24, 2.45) is 0 Å².